The van der Waals surface area contributed by atoms with Crippen LogP contribution < -0.4 is 0 Å². The number of fused-ring (bicyclic) bond motifs is 1. The molecule has 43 heavy (non-hydrogen) atoms. The molecule has 244 valence electrons. The molecule has 3 heterocycles. The number of nitrogens with zero attached hydrogens (tertiary/aromatic N) is 1. The first kappa shape index (κ1) is 33.8. The van der Waals surface area contributed by atoms with Gasteiger partial charge in [0, 0.05) is 12.1 Å². The lowest BCUT2D eigenvalue weighted by Crippen LogP contribution is -2.65. The molecule has 14 atom stereocenters. The van der Waals surface area contributed by atoms with Crippen LogP contribution in [-0.4, -0.2) is 166 Å². The zero-order chi connectivity index (χ0) is 31.7. The molecule has 0 aliphatic carbocycles. The standard InChI is InChI=1S/C24H34F2N2O15/c25-6-1-8-9(2-7(6)26)28-22(27-8)17(37)15(35)20(10(32)3-29)42-24-19(39)16(36)21(12(5-31)41-24)43-23-18(38)14(34)13(33)11(4-30)40-23/h1-2,10-21,23-24,29-39H,3-5H2,(H,27,28)/t10?,11?,12?,13-,14?,15?,16?,17?,18?,19?,20-,21-,23-,24-/m1/s1. The number of rotatable bonds is 11. The fourth-order valence-corrected chi connectivity index (χ4v) is 4.83. The van der Waals surface area contributed by atoms with E-state index in [4.69, 9.17) is 18.9 Å². The van der Waals surface area contributed by atoms with Gasteiger partial charge in [-0.25, -0.2) is 13.8 Å². The summed E-state index contributed by atoms with van der Waals surface area (Å²) in [6, 6.07) is 1.48. The van der Waals surface area contributed by atoms with Gasteiger partial charge in [-0.05, 0) is 0 Å². The number of aromatic amines is 1. The van der Waals surface area contributed by atoms with E-state index < -0.39 is 123 Å². The summed E-state index contributed by atoms with van der Waals surface area (Å²) in [6.45, 7) is -2.76. The lowest BCUT2D eigenvalue weighted by atomic mass is 9.96. The molecule has 0 saturated carbocycles. The number of hydrogen-bond acceptors (Lipinski definition) is 16. The average Bonchev–Trinajstić information content (AvgIpc) is 3.40. The minimum absolute atomic E-state index is 0.0503. The molecule has 0 spiro atoms. The highest BCUT2D eigenvalue weighted by Gasteiger charge is 2.52. The lowest BCUT2D eigenvalue weighted by Gasteiger charge is -2.46. The van der Waals surface area contributed by atoms with Crippen LogP contribution in [0.25, 0.3) is 11.0 Å². The molecule has 2 aliphatic rings. The summed E-state index contributed by atoms with van der Waals surface area (Å²) in [6.07, 6.45) is -26.0. The van der Waals surface area contributed by atoms with Crippen molar-refractivity contribution in [2.75, 3.05) is 19.8 Å². The maximum atomic E-state index is 13.6. The first-order chi connectivity index (χ1) is 20.3. The lowest BCUT2D eigenvalue weighted by molar-refractivity contribution is -0.368. The normalized spacial score (nSPS) is 36.4. The van der Waals surface area contributed by atoms with Gasteiger partial charge in [-0.15, -0.1) is 0 Å². The zero-order valence-electron chi connectivity index (χ0n) is 22.1. The molecule has 9 unspecified atom stereocenters. The third-order valence-electron chi connectivity index (χ3n) is 7.30. The first-order valence-corrected chi connectivity index (χ1v) is 13.1. The molecule has 17 nitrogen and oxygen atoms in total. The van der Waals surface area contributed by atoms with Gasteiger partial charge in [-0.3, -0.25) is 0 Å². The fourth-order valence-electron chi connectivity index (χ4n) is 4.83. The summed E-state index contributed by atoms with van der Waals surface area (Å²) in [4.78, 5) is 6.35. The Balaban J connectivity index is 1.50. The van der Waals surface area contributed by atoms with Crippen molar-refractivity contribution in [3.63, 3.8) is 0 Å². The Morgan fingerprint density at radius 2 is 1.42 bits per heavy atom. The van der Waals surface area contributed by atoms with Gasteiger partial charge in [0.1, 0.15) is 79.1 Å². The van der Waals surface area contributed by atoms with Crippen LogP contribution in [0, 0.1) is 11.6 Å². The van der Waals surface area contributed by atoms with Crippen LogP contribution in [0.15, 0.2) is 12.1 Å². The second kappa shape index (κ2) is 13.9. The molecule has 0 amide bonds. The quantitative estimate of drug-likeness (QED) is 0.111. The van der Waals surface area contributed by atoms with Crippen LogP contribution in [0.1, 0.15) is 11.9 Å². The number of benzene rings is 1. The molecule has 2 saturated heterocycles. The maximum absolute atomic E-state index is 13.6. The predicted molar refractivity (Wildman–Crippen MR) is 131 cm³/mol. The highest BCUT2D eigenvalue weighted by molar-refractivity contribution is 5.75. The number of nitrogens with one attached hydrogen (secondary N) is 1. The van der Waals surface area contributed by atoms with Gasteiger partial charge in [0.25, 0.3) is 0 Å². The van der Waals surface area contributed by atoms with Crippen molar-refractivity contribution in [2.24, 2.45) is 0 Å². The van der Waals surface area contributed by atoms with E-state index in [2.05, 4.69) is 9.97 Å². The average molecular weight is 629 g/mol. The molecule has 2 aliphatic heterocycles. The Hall–Kier alpha value is -2.05. The summed E-state index contributed by atoms with van der Waals surface area (Å²) in [5.74, 6) is -2.87. The molecule has 1 aromatic heterocycles. The zero-order valence-corrected chi connectivity index (χ0v) is 22.1. The highest BCUT2D eigenvalue weighted by Crippen LogP contribution is 2.32. The Morgan fingerprint density at radius 1 is 0.814 bits per heavy atom. The van der Waals surface area contributed by atoms with E-state index in [-0.39, 0.29) is 11.0 Å². The second-order valence-electron chi connectivity index (χ2n) is 10.2. The van der Waals surface area contributed by atoms with E-state index >= 15 is 0 Å². The monoisotopic (exact) mass is 628 g/mol. The van der Waals surface area contributed by atoms with Gasteiger partial charge in [0.2, 0.25) is 0 Å². The van der Waals surface area contributed by atoms with Crippen LogP contribution in [0.4, 0.5) is 8.78 Å². The van der Waals surface area contributed by atoms with Crippen LogP contribution in [0.2, 0.25) is 0 Å². The van der Waals surface area contributed by atoms with Gasteiger partial charge in [0.05, 0.1) is 30.9 Å². The van der Waals surface area contributed by atoms with Crippen LogP contribution >= 0.6 is 0 Å². The number of ether oxygens (including phenoxy) is 4. The fraction of sp³-hybridized carbons (Fsp3) is 0.708. The summed E-state index contributed by atoms with van der Waals surface area (Å²) >= 11 is 0. The van der Waals surface area contributed by atoms with Crippen molar-refractivity contribution < 1.29 is 83.9 Å². The number of aromatic nitrogens is 2. The minimum atomic E-state index is -2.15. The Labute approximate surface area is 240 Å². The van der Waals surface area contributed by atoms with Gasteiger partial charge in [-0.2, -0.15) is 0 Å². The number of aliphatic hydroxyl groups excluding tert-OH is 11. The smallest absolute Gasteiger partial charge is 0.187 e. The minimum Gasteiger partial charge on any atom is -0.394 e. The topological polar surface area (TPSA) is 288 Å². The predicted octanol–water partition coefficient (Wildman–Crippen LogP) is -5.40. The molecule has 2 aromatic rings. The van der Waals surface area contributed by atoms with Crippen LogP contribution in [-0.2, 0) is 18.9 Å². The van der Waals surface area contributed by atoms with E-state index in [1.54, 1.807) is 0 Å². The third kappa shape index (κ3) is 6.81. The third-order valence-corrected chi connectivity index (χ3v) is 7.30. The van der Waals surface area contributed by atoms with Crippen molar-refractivity contribution in [3.05, 3.63) is 29.6 Å². The first-order valence-electron chi connectivity index (χ1n) is 13.1. The molecule has 1 aromatic carbocycles. The highest BCUT2D eigenvalue weighted by atomic mass is 19.2. The van der Waals surface area contributed by atoms with E-state index in [9.17, 15) is 65.0 Å². The van der Waals surface area contributed by atoms with Gasteiger partial charge >= 0.3 is 0 Å². The number of imidazole rings is 1. The SMILES string of the molecule is OCC1O[C@H](O[C@@H]2C(CO)O[C@H](O[C@H](C(O)CO)C(O)C(O)c3nc4cc(F)c(F)cc4[nH]3)C(O)C2O)C(O)C(O)[C@@H]1O. The van der Waals surface area contributed by atoms with E-state index in [1.165, 1.54) is 0 Å². The van der Waals surface area contributed by atoms with Crippen LogP contribution in [0.5, 0.6) is 0 Å². The molecule has 0 radical (unpaired) electrons. The molecule has 12 N–H and O–H groups in total. The van der Waals surface area contributed by atoms with Crippen molar-refractivity contribution in [1.29, 1.82) is 0 Å². The summed E-state index contributed by atoms with van der Waals surface area (Å²) in [7, 11) is 0. The molecule has 19 heteroatoms. The molecular formula is C24H34F2N2O15. The summed E-state index contributed by atoms with van der Waals surface area (Å²) in [5.41, 5.74) is -0.170. The number of aliphatic hydroxyl groups is 11. The number of H-pyrrole nitrogens is 1. The second-order valence-corrected chi connectivity index (χ2v) is 10.2. The Bertz CT molecular complexity index is 1170. The van der Waals surface area contributed by atoms with Gasteiger partial charge < -0.3 is 80.1 Å². The summed E-state index contributed by atoms with van der Waals surface area (Å²) in [5, 5.41) is 112. The Morgan fingerprint density at radius 3 is 2.05 bits per heavy atom. The molecule has 4 rings (SSSR count). The maximum Gasteiger partial charge on any atom is 0.187 e. The molecule has 2 fully saturated rings. The molecule has 0 bridgehead atoms. The van der Waals surface area contributed by atoms with Gasteiger partial charge in [0.15, 0.2) is 24.2 Å². The van der Waals surface area contributed by atoms with Crippen molar-refractivity contribution in [1.82, 2.24) is 9.97 Å². The summed E-state index contributed by atoms with van der Waals surface area (Å²) < 4.78 is 48.7. The van der Waals surface area contributed by atoms with E-state index in [0.717, 1.165) is 12.1 Å². The van der Waals surface area contributed by atoms with Crippen molar-refractivity contribution >= 4 is 11.0 Å². The van der Waals surface area contributed by atoms with Crippen molar-refractivity contribution in [3.8, 4) is 0 Å². The largest absolute Gasteiger partial charge is 0.394 e. The molecular weight excluding hydrogens is 594 g/mol. The van der Waals surface area contributed by atoms with Gasteiger partial charge in [-0.1, -0.05) is 0 Å². The van der Waals surface area contributed by atoms with Crippen LogP contribution in [0.3, 0.4) is 0 Å². The van der Waals surface area contributed by atoms with E-state index in [1.807, 2.05) is 0 Å². The van der Waals surface area contributed by atoms with E-state index in [0.29, 0.717) is 0 Å². The van der Waals surface area contributed by atoms with Crippen molar-refractivity contribution in [2.45, 2.75) is 85.8 Å². The Kier molecular flexibility index (Phi) is 11.0. The number of halogens is 2. The number of hydrogen-bond donors (Lipinski definition) is 12.